The highest BCUT2D eigenvalue weighted by Crippen LogP contribution is 2.26. The number of rotatable bonds is 15. The van der Waals surface area contributed by atoms with Crippen LogP contribution < -0.4 is 0 Å². The summed E-state index contributed by atoms with van der Waals surface area (Å²) in [5, 5.41) is 1.23. The molecule has 1 aromatic heterocycles. The van der Waals surface area contributed by atoms with Crippen molar-refractivity contribution in [2.45, 2.75) is 103 Å². The van der Waals surface area contributed by atoms with E-state index in [0.717, 1.165) is 12.1 Å². The van der Waals surface area contributed by atoms with Crippen LogP contribution in [-0.4, -0.2) is 15.3 Å². The molecule has 0 aliphatic heterocycles. The van der Waals surface area contributed by atoms with Gasteiger partial charge in [-0.15, -0.1) is 0 Å². The lowest BCUT2D eigenvalue weighted by Crippen LogP contribution is -2.00. The lowest BCUT2D eigenvalue weighted by molar-refractivity contribution is 0.544. The monoisotopic (exact) mass is 374 g/mol. The summed E-state index contributed by atoms with van der Waals surface area (Å²) in [5.74, 6) is 1.20. The standard InChI is InChI=1S/C23H38N2S/c1-3-5-7-9-11-15-19-25-22-18-14-13-17-21(22)24-23(25)26-20-16-12-10-8-6-4-2/h13-14,17-18H,3-12,15-16,19-20H2,1-2H3. The zero-order chi connectivity index (χ0) is 18.5. The molecule has 26 heavy (non-hydrogen) atoms. The van der Waals surface area contributed by atoms with Crippen molar-refractivity contribution in [2.24, 2.45) is 0 Å². The number of hydrogen-bond acceptors (Lipinski definition) is 2. The van der Waals surface area contributed by atoms with Gasteiger partial charge in [0.1, 0.15) is 0 Å². The molecule has 146 valence electrons. The molecule has 0 unspecified atom stereocenters. The van der Waals surface area contributed by atoms with Gasteiger partial charge < -0.3 is 4.57 Å². The summed E-state index contributed by atoms with van der Waals surface area (Å²) in [6, 6.07) is 8.63. The Balaban J connectivity index is 1.82. The maximum atomic E-state index is 4.91. The molecular weight excluding hydrogens is 336 g/mol. The molecule has 0 radical (unpaired) electrons. The fraction of sp³-hybridized carbons (Fsp3) is 0.696. The van der Waals surface area contributed by atoms with Gasteiger partial charge in [-0.05, 0) is 25.0 Å². The van der Waals surface area contributed by atoms with Gasteiger partial charge in [0.05, 0.1) is 11.0 Å². The van der Waals surface area contributed by atoms with E-state index in [9.17, 15) is 0 Å². The Bertz CT molecular complexity index is 605. The molecule has 3 heteroatoms. The van der Waals surface area contributed by atoms with Crippen molar-refractivity contribution in [1.82, 2.24) is 9.55 Å². The molecule has 2 nitrogen and oxygen atoms in total. The number of imidazole rings is 1. The van der Waals surface area contributed by atoms with Crippen LogP contribution in [0, 0.1) is 0 Å². The van der Waals surface area contributed by atoms with E-state index in [2.05, 4.69) is 42.7 Å². The number of nitrogens with zero attached hydrogens (tertiary/aromatic N) is 2. The third-order valence-electron chi connectivity index (χ3n) is 5.08. The van der Waals surface area contributed by atoms with E-state index in [1.807, 2.05) is 11.8 Å². The number of para-hydroxylation sites is 2. The molecule has 0 atom stereocenters. The average Bonchev–Trinajstić information content (AvgIpc) is 3.01. The van der Waals surface area contributed by atoms with E-state index in [-0.39, 0.29) is 0 Å². The minimum atomic E-state index is 1.12. The number of hydrogen-bond donors (Lipinski definition) is 0. The summed E-state index contributed by atoms with van der Waals surface area (Å²) in [7, 11) is 0. The smallest absolute Gasteiger partial charge is 0.169 e. The molecule has 2 aromatic rings. The van der Waals surface area contributed by atoms with E-state index >= 15 is 0 Å². The van der Waals surface area contributed by atoms with Gasteiger partial charge in [-0.3, -0.25) is 0 Å². The first-order chi connectivity index (χ1) is 12.9. The largest absolute Gasteiger partial charge is 0.319 e. The first kappa shape index (κ1) is 21.3. The minimum Gasteiger partial charge on any atom is -0.319 e. The highest BCUT2D eigenvalue weighted by molar-refractivity contribution is 7.99. The van der Waals surface area contributed by atoms with Crippen LogP contribution in [0.2, 0.25) is 0 Å². The predicted octanol–water partition coefficient (Wildman–Crippen LogP) is 7.85. The van der Waals surface area contributed by atoms with Gasteiger partial charge in [0.2, 0.25) is 0 Å². The number of thioether (sulfide) groups is 1. The van der Waals surface area contributed by atoms with Crippen LogP contribution in [0.4, 0.5) is 0 Å². The lowest BCUT2D eigenvalue weighted by atomic mass is 10.1. The summed E-state index contributed by atoms with van der Waals surface area (Å²) in [6.07, 6.45) is 16.3. The summed E-state index contributed by atoms with van der Waals surface area (Å²) in [5.41, 5.74) is 2.47. The quantitative estimate of drug-likeness (QED) is 0.233. The topological polar surface area (TPSA) is 17.8 Å². The zero-order valence-electron chi connectivity index (χ0n) is 17.0. The zero-order valence-corrected chi connectivity index (χ0v) is 17.8. The van der Waals surface area contributed by atoms with Crippen molar-refractivity contribution >= 4 is 22.8 Å². The summed E-state index contributed by atoms with van der Waals surface area (Å²) < 4.78 is 2.47. The van der Waals surface area contributed by atoms with Crippen LogP contribution in [-0.2, 0) is 6.54 Å². The van der Waals surface area contributed by atoms with Crippen LogP contribution in [0.5, 0.6) is 0 Å². The van der Waals surface area contributed by atoms with Crippen molar-refractivity contribution in [1.29, 1.82) is 0 Å². The third-order valence-corrected chi connectivity index (χ3v) is 6.15. The maximum absolute atomic E-state index is 4.91. The molecule has 0 fully saturated rings. The Morgan fingerprint density at radius 2 is 1.38 bits per heavy atom. The molecular formula is C23H38N2S. The average molecular weight is 375 g/mol. The van der Waals surface area contributed by atoms with E-state index < -0.39 is 0 Å². The van der Waals surface area contributed by atoms with Crippen molar-refractivity contribution in [3.63, 3.8) is 0 Å². The molecule has 0 saturated carbocycles. The van der Waals surface area contributed by atoms with Crippen molar-refractivity contribution in [3.05, 3.63) is 24.3 Å². The van der Waals surface area contributed by atoms with Gasteiger partial charge in [-0.25, -0.2) is 4.98 Å². The first-order valence-corrected chi connectivity index (χ1v) is 11.9. The van der Waals surface area contributed by atoms with E-state index in [1.165, 1.54) is 93.5 Å². The second kappa shape index (κ2) is 13.2. The molecule has 0 aliphatic carbocycles. The number of aryl methyl sites for hydroxylation is 1. The number of unbranched alkanes of at least 4 members (excludes halogenated alkanes) is 10. The second-order valence-corrected chi connectivity index (χ2v) is 8.48. The SMILES string of the molecule is CCCCCCCCSc1nc2ccccc2n1CCCCCCCC. The van der Waals surface area contributed by atoms with Gasteiger partial charge in [0.15, 0.2) is 5.16 Å². The van der Waals surface area contributed by atoms with Crippen molar-refractivity contribution in [3.8, 4) is 0 Å². The maximum Gasteiger partial charge on any atom is 0.169 e. The van der Waals surface area contributed by atoms with Gasteiger partial charge in [-0.1, -0.05) is 102 Å². The molecule has 0 aliphatic rings. The molecule has 0 bridgehead atoms. The molecule has 0 saturated heterocycles. The van der Waals surface area contributed by atoms with Crippen LogP contribution in [0.3, 0.4) is 0 Å². The Hall–Kier alpha value is -0.960. The van der Waals surface area contributed by atoms with E-state index in [1.54, 1.807) is 0 Å². The van der Waals surface area contributed by atoms with Gasteiger partial charge in [-0.2, -0.15) is 0 Å². The Morgan fingerprint density at radius 1 is 0.769 bits per heavy atom. The molecule has 0 N–H and O–H groups in total. The summed E-state index contributed by atoms with van der Waals surface area (Å²) >= 11 is 1.96. The highest BCUT2D eigenvalue weighted by atomic mass is 32.2. The number of aromatic nitrogens is 2. The second-order valence-electron chi connectivity index (χ2n) is 7.42. The minimum absolute atomic E-state index is 1.12. The van der Waals surface area contributed by atoms with Crippen LogP contribution in [0.25, 0.3) is 11.0 Å². The van der Waals surface area contributed by atoms with Gasteiger partial charge in [0.25, 0.3) is 0 Å². The van der Waals surface area contributed by atoms with Crippen LogP contribution in [0.15, 0.2) is 29.4 Å². The van der Waals surface area contributed by atoms with E-state index in [4.69, 9.17) is 4.98 Å². The lowest BCUT2D eigenvalue weighted by Gasteiger charge is -2.09. The van der Waals surface area contributed by atoms with Crippen LogP contribution >= 0.6 is 11.8 Å². The molecule has 1 heterocycles. The van der Waals surface area contributed by atoms with Gasteiger partial charge >= 0.3 is 0 Å². The Kier molecular flexibility index (Phi) is 10.9. The van der Waals surface area contributed by atoms with Crippen molar-refractivity contribution in [2.75, 3.05) is 5.75 Å². The summed E-state index contributed by atoms with van der Waals surface area (Å²) in [6.45, 7) is 5.68. The highest BCUT2D eigenvalue weighted by Gasteiger charge is 2.10. The predicted molar refractivity (Wildman–Crippen MR) is 117 cm³/mol. The summed E-state index contributed by atoms with van der Waals surface area (Å²) in [4.78, 5) is 4.91. The number of benzene rings is 1. The third kappa shape index (κ3) is 7.34. The molecule has 2 rings (SSSR count). The first-order valence-electron chi connectivity index (χ1n) is 10.9. The van der Waals surface area contributed by atoms with Crippen molar-refractivity contribution < 1.29 is 0 Å². The number of fused-ring (bicyclic) bond motifs is 1. The van der Waals surface area contributed by atoms with Gasteiger partial charge in [0, 0.05) is 12.3 Å². The van der Waals surface area contributed by atoms with E-state index in [0.29, 0.717) is 0 Å². The molecule has 0 amide bonds. The molecule has 1 aromatic carbocycles. The Labute approximate surface area is 165 Å². The molecule has 0 spiro atoms. The Morgan fingerprint density at radius 3 is 2.12 bits per heavy atom. The normalized spacial score (nSPS) is 11.5. The fourth-order valence-electron chi connectivity index (χ4n) is 3.48. The fourth-order valence-corrected chi connectivity index (χ4v) is 4.52. The van der Waals surface area contributed by atoms with Crippen LogP contribution in [0.1, 0.15) is 90.9 Å².